The highest BCUT2D eigenvalue weighted by Gasteiger charge is 2.19. The molecule has 0 fully saturated rings. The first kappa shape index (κ1) is 40.6. The van der Waals surface area contributed by atoms with Crippen LogP contribution in [0.25, 0.3) is 0 Å². The number of unbranched alkanes of at least 4 members (excludes halogenated alkanes) is 16. The van der Waals surface area contributed by atoms with E-state index < -0.39 is 19.9 Å². The molecule has 0 spiro atoms. The minimum Gasteiger partial charge on any atom is -0.481 e. The van der Waals surface area contributed by atoms with Crippen molar-refractivity contribution in [2.24, 2.45) is 5.73 Å². The van der Waals surface area contributed by atoms with Crippen molar-refractivity contribution in [2.75, 3.05) is 39.6 Å². The highest BCUT2D eigenvalue weighted by molar-refractivity contribution is 7.46. The van der Waals surface area contributed by atoms with E-state index in [1.807, 2.05) is 0 Å². The Bertz CT molecular complexity index is 547. The Balaban J connectivity index is 0. The van der Waals surface area contributed by atoms with E-state index in [0.717, 1.165) is 12.8 Å². The molecule has 0 aromatic rings. The molecular formula is C28H60NO9P. The summed E-state index contributed by atoms with van der Waals surface area (Å²) in [6, 6.07) is 0. The summed E-state index contributed by atoms with van der Waals surface area (Å²) in [4.78, 5) is 28.3. The molecule has 10 nitrogen and oxygen atoms in total. The van der Waals surface area contributed by atoms with Gasteiger partial charge in [0.2, 0.25) is 0 Å². The molecule has 1 unspecified atom stereocenters. The molecule has 0 aliphatic carbocycles. The van der Waals surface area contributed by atoms with Crippen LogP contribution in [-0.2, 0) is 23.4 Å². The molecule has 39 heavy (non-hydrogen) atoms. The minimum absolute atomic E-state index is 0.0722. The number of hydrogen-bond donors (Lipinski definition) is 5. The Morgan fingerprint density at radius 2 is 1.18 bits per heavy atom. The van der Waals surface area contributed by atoms with E-state index in [4.69, 9.17) is 35.2 Å². The van der Waals surface area contributed by atoms with Gasteiger partial charge >= 0.3 is 13.8 Å². The predicted octanol–water partition coefficient (Wildman–Crippen LogP) is 5.95. The standard InChI is InChI=1S/C26H53O8P.C2H7NO/c1-2-3-4-5-6-7-8-9-10-11-12-13-14-15-16-18-21-32-23-25(24-34-35(29,30)31)33-22-19-17-20-26(27)28;3-1-2-4/h25H,2-24H2,1H3,(H,27,28)(H2,29,30,31);4H,1-3H2. The molecular weight excluding hydrogens is 525 g/mol. The van der Waals surface area contributed by atoms with Gasteiger partial charge in [0.25, 0.3) is 0 Å². The zero-order valence-corrected chi connectivity index (χ0v) is 25.5. The number of hydrogen-bond acceptors (Lipinski definition) is 7. The molecule has 11 heteroatoms. The zero-order valence-electron chi connectivity index (χ0n) is 24.6. The third kappa shape index (κ3) is 39.6. The van der Waals surface area contributed by atoms with E-state index in [1.165, 1.54) is 89.9 Å². The first-order chi connectivity index (χ1) is 18.8. The normalized spacial score (nSPS) is 12.2. The average molecular weight is 586 g/mol. The number of ether oxygens (including phenoxy) is 2. The number of rotatable bonds is 29. The minimum atomic E-state index is -4.57. The summed E-state index contributed by atoms with van der Waals surface area (Å²) in [6.07, 6.45) is 21.5. The Morgan fingerprint density at radius 3 is 1.59 bits per heavy atom. The lowest BCUT2D eigenvalue weighted by Crippen LogP contribution is -2.26. The van der Waals surface area contributed by atoms with E-state index in [2.05, 4.69) is 11.4 Å². The molecule has 6 N–H and O–H groups in total. The molecule has 236 valence electrons. The molecule has 1 atom stereocenters. The molecule has 0 saturated heterocycles. The van der Waals surface area contributed by atoms with Gasteiger partial charge in [-0.1, -0.05) is 103 Å². The van der Waals surface area contributed by atoms with E-state index >= 15 is 0 Å². The number of nitrogens with two attached hydrogens (primary N) is 1. The van der Waals surface area contributed by atoms with E-state index in [-0.39, 0.29) is 26.2 Å². The van der Waals surface area contributed by atoms with Crippen LogP contribution in [0, 0.1) is 0 Å². The van der Waals surface area contributed by atoms with Gasteiger partial charge in [-0.25, -0.2) is 4.57 Å². The second-order valence-corrected chi connectivity index (χ2v) is 11.3. The number of aliphatic hydroxyl groups excluding tert-OH is 1. The van der Waals surface area contributed by atoms with Crippen molar-refractivity contribution in [2.45, 2.75) is 135 Å². The lowest BCUT2D eigenvalue weighted by atomic mass is 10.0. The van der Waals surface area contributed by atoms with Gasteiger partial charge in [-0.05, 0) is 19.3 Å². The highest BCUT2D eigenvalue weighted by Crippen LogP contribution is 2.35. The molecule has 0 heterocycles. The Kier molecular flexibility index (Phi) is 33.2. The van der Waals surface area contributed by atoms with Gasteiger partial charge in [-0.2, -0.15) is 0 Å². The molecule has 0 aliphatic heterocycles. The second kappa shape index (κ2) is 31.9. The number of aliphatic carboxylic acids is 1. The van der Waals surface area contributed by atoms with Crippen LogP contribution in [-0.4, -0.2) is 71.7 Å². The highest BCUT2D eigenvalue weighted by atomic mass is 31.2. The van der Waals surface area contributed by atoms with Crippen molar-refractivity contribution < 1.29 is 43.4 Å². The molecule has 0 aliphatic rings. The Hall–Kier alpha value is -0.580. The summed E-state index contributed by atoms with van der Waals surface area (Å²) in [6.45, 7) is 3.54. The fourth-order valence-corrected chi connectivity index (χ4v) is 4.28. The van der Waals surface area contributed by atoms with Gasteiger partial charge in [0.05, 0.1) is 19.8 Å². The average Bonchev–Trinajstić information content (AvgIpc) is 2.89. The van der Waals surface area contributed by atoms with Crippen LogP contribution < -0.4 is 5.73 Å². The molecule has 0 amide bonds. The van der Waals surface area contributed by atoms with Crippen molar-refractivity contribution in [3.05, 3.63) is 0 Å². The van der Waals surface area contributed by atoms with Crippen LogP contribution in [0.15, 0.2) is 0 Å². The van der Waals surface area contributed by atoms with E-state index in [1.54, 1.807) is 0 Å². The molecule has 0 radical (unpaired) electrons. The summed E-state index contributed by atoms with van der Waals surface area (Å²) in [7, 11) is -4.57. The first-order valence-corrected chi connectivity index (χ1v) is 16.7. The number of aliphatic hydroxyl groups is 1. The first-order valence-electron chi connectivity index (χ1n) is 15.2. The van der Waals surface area contributed by atoms with Crippen LogP contribution in [0.1, 0.15) is 129 Å². The van der Waals surface area contributed by atoms with Gasteiger partial charge in [0.1, 0.15) is 6.10 Å². The topological polar surface area (TPSA) is 169 Å². The maximum absolute atomic E-state index is 10.9. The maximum Gasteiger partial charge on any atom is 0.469 e. The summed E-state index contributed by atoms with van der Waals surface area (Å²) < 4.78 is 26.7. The van der Waals surface area contributed by atoms with Crippen LogP contribution in [0.2, 0.25) is 0 Å². The second-order valence-electron chi connectivity index (χ2n) is 10.0. The van der Waals surface area contributed by atoms with Crippen LogP contribution in [0.5, 0.6) is 0 Å². The summed E-state index contributed by atoms with van der Waals surface area (Å²) >= 11 is 0. The number of phosphoric acid groups is 1. The van der Waals surface area contributed by atoms with Gasteiger partial charge in [-0.3, -0.25) is 9.32 Å². The van der Waals surface area contributed by atoms with Crippen LogP contribution in [0.4, 0.5) is 0 Å². The van der Waals surface area contributed by atoms with Gasteiger partial charge in [0.15, 0.2) is 0 Å². The fourth-order valence-electron chi connectivity index (χ4n) is 3.92. The number of phosphoric ester groups is 1. The maximum atomic E-state index is 10.9. The molecule has 0 saturated carbocycles. The predicted molar refractivity (Wildman–Crippen MR) is 156 cm³/mol. The lowest BCUT2D eigenvalue weighted by molar-refractivity contribution is -0.137. The van der Waals surface area contributed by atoms with Crippen molar-refractivity contribution in [1.82, 2.24) is 0 Å². The number of carboxylic acid groups (broad SMARTS) is 1. The molecule has 0 bridgehead atoms. The van der Waals surface area contributed by atoms with Gasteiger partial charge in [-0.15, -0.1) is 0 Å². The number of carboxylic acids is 1. The molecule has 0 aromatic carbocycles. The van der Waals surface area contributed by atoms with Crippen molar-refractivity contribution >= 4 is 13.8 Å². The number of carbonyl (C=O) groups is 1. The van der Waals surface area contributed by atoms with Crippen molar-refractivity contribution in [3.8, 4) is 0 Å². The largest absolute Gasteiger partial charge is 0.481 e. The van der Waals surface area contributed by atoms with Crippen molar-refractivity contribution in [3.63, 3.8) is 0 Å². The Morgan fingerprint density at radius 1 is 0.744 bits per heavy atom. The van der Waals surface area contributed by atoms with Crippen LogP contribution >= 0.6 is 7.82 Å². The monoisotopic (exact) mass is 585 g/mol. The third-order valence-electron chi connectivity index (χ3n) is 6.14. The summed E-state index contributed by atoms with van der Waals surface area (Å²) in [5, 5.41) is 16.4. The van der Waals surface area contributed by atoms with Crippen LogP contribution in [0.3, 0.4) is 0 Å². The van der Waals surface area contributed by atoms with E-state index in [9.17, 15) is 9.36 Å². The Labute approximate surface area is 237 Å². The zero-order chi connectivity index (χ0) is 29.5. The van der Waals surface area contributed by atoms with Gasteiger partial charge in [0, 0.05) is 26.2 Å². The SMILES string of the molecule is CCCCCCCCCCCCCCCCCCOCC(COP(=O)(O)O)OCCCCC(=O)O.NCCO. The smallest absolute Gasteiger partial charge is 0.469 e. The summed E-state index contributed by atoms with van der Waals surface area (Å²) in [5.41, 5.74) is 4.78. The molecule has 0 aromatic heterocycles. The molecule has 0 rings (SSSR count). The fraction of sp³-hybridized carbons (Fsp3) is 0.964. The van der Waals surface area contributed by atoms with Gasteiger partial charge < -0.3 is 35.2 Å². The quantitative estimate of drug-likeness (QED) is 0.0522. The van der Waals surface area contributed by atoms with Crippen molar-refractivity contribution in [1.29, 1.82) is 0 Å². The lowest BCUT2D eigenvalue weighted by Gasteiger charge is -2.18. The van der Waals surface area contributed by atoms with E-state index in [0.29, 0.717) is 32.6 Å². The summed E-state index contributed by atoms with van der Waals surface area (Å²) in [5.74, 6) is -0.853. The third-order valence-corrected chi connectivity index (χ3v) is 6.63.